The van der Waals surface area contributed by atoms with E-state index in [1.807, 2.05) is 0 Å². The lowest BCUT2D eigenvalue weighted by atomic mass is 10.1. The molecule has 1 aromatic rings. The lowest BCUT2D eigenvalue weighted by molar-refractivity contribution is -0.139. The number of carboxylic acid groups (broad SMARTS) is 1. The molecule has 2 N–H and O–H groups in total. The third-order valence-electron chi connectivity index (χ3n) is 1.98. The van der Waals surface area contributed by atoms with Crippen LogP contribution in [0.5, 0.6) is 5.75 Å². The minimum absolute atomic E-state index is 0.666. The molecule has 0 fully saturated rings. The summed E-state index contributed by atoms with van der Waals surface area (Å²) in [5.41, 5.74) is 0.709. The lowest BCUT2D eigenvalue weighted by Gasteiger charge is -2.11. The minimum atomic E-state index is -0.891. The number of carbonyl (C=O) groups is 1. The Bertz CT molecular complexity index is 308. The molecule has 1 rings (SSSR count). The summed E-state index contributed by atoms with van der Waals surface area (Å²) in [6.07, 6.45) is 0. The van der Waals surface area contributed by atoms with Crippen molar-refractivity contribution in [2.75, 3.05) is 14.2 Å². The summed E-state index contributed by atoms with van der Waals surface area (Å²) in [5.74, 6) is -0.174. The van der Waals surface area contributed by atoms with Gasteiger partial charge < -0.3 is 15.2 Å². The monoisotopic (exact) mass is 195 g/mol. The quantitative estimate of drug-likeness (QED) is 0.753. The molecule has 76 valence electrons. The van der Waals surface area contributed by atoms with Gasteiger partial charge >= 0.3 is 5.97 Å². The van der Waals surface area contributed by atoms with Crippen LogP contribution in [0.4, 0.5) is 0 Å². The van der Waals surface area contributed by atoms with Crippen molar-refractivity contribution < 1.29 is 14.6 Å². The highest BCUT2D eigenvalue weighted by molar-refractivity contribution is 5.75. The van der Waals surface area contributed by atoms with Gasteiger partial charge in [-0.3, -0.25) is 4.79 Å². The molecule has 4 nitrogen and oxygen atoms in total. The molecule has 0 aromatic heterocycles. The highest BCUT2D eigenvalue weighted by atomic mass is 16.5. The first kappa shape index (κ1) is 10.5. The number of carboxylic acids is 1. The molecular weight excluding hydrogens is 182 g/mol. The van der Waals surface area contributed by atoms with E-state index in [9.17, 15) is 4.79 Å². The fourth-order valence-corrected chi connectivity index (χ4v) is 1.23. The Kier molecular flexibility index (Phi) is 3.48. The SMILES string of the molecule is CN[C@@H](C(=O)O)c1ccc(OC)cc1. The number of hydrogen-bond donors (Lipinski definition) is 2. The maximum absolute atomic E-state index is 10.8. The molecule has 0 heterocycles. The van der Waals surface area contributed by atoms with Crippen LogP contribution < -0.4 is 10.1 Å². The van der Waals surface area contributed by atoms with Gasteiger partial charge in [0.25, 0.3) is 0 Å². The van der Waals surface area contributed by atoms with E-state index in [-0.39, 0.29) is 0 Å². The van der Waals surface area contributed by atoms with Crippen LogP contribution in [0.15, 0.2) is 24.3 Å². The molecule has 0 bridgehead atoms. The molecule has 4 heteroatoms. The molecule has 0 aliphatic heterocycles. The smallest absolute Gasteiger partial charge is 0.325 e. The average molecular weight is 195 g/mol. The Labute approximate surface area is 82.5 Å². The van der Waals surface area contributed by atoms with Gasteiger partial charge in [-0.15, -0.1) is 0 Å². The lowest BCUT2D eigenvalue weighted by Crippen LogP contribution is -2.24. The summed E-state index contributed by atoms with van der Waals surface area (Å²) in [4.78, 5) is 10.8. The van der Waals surface area contributed by atoms with Gasteiger partial charge in [-0.2, -0.15) is 0 Å². The summed E-state index contributed by atoms with van der Waals surface area (Å²) in [5, 5.41) is 11.6. The Morgan fingerprint density at radius 2 is 2.00 bits per heavy atom. The number of nitrogens with one attached hydrogen (secondary N) is 1. The molecule has 1 aromatic carbocycles. The summed E-state index contributed by atoms with van der Waals surface area (Å²) in [6, 6.07) is 6.27. The second-order valence-electron chi connectivity index (χ2n) is 2.83. The van der Waals surface area contributed by atoms with E-state index in [0.717, 1.165) is 0 Å². The van der Waals surface area contributed by atoms with Gasteiger partial charge in [-0.1, -0.05) is 12.1 Å². The molecule has 0 aliphatic rings. The van der Waals surface area contributed by atoms with Crippen LogP contribution in [0, 0.1) is 0 Å². The van der Waals surface area contributed by atoms with Crippen LogP contribution in [0.25, 0.3) is 0 Å². The zero-order valence-electron chi connectivity index (χ0n) is 8.15. The highest BCUT2D eigenvalue weighted by Crippen LogP contribution is 2.17. The summed E-state index contributed by atoms with van der Waals surface area (Å²) in [7, 11) is 3.19. The number of hydrogen-bond acceptors (Lipinski definition) is 3. The van der Waals surface area contributed by atoms with Crippen molar-refractivity contribution in [1.29, 1.82) is 0 Å². The number of likely N-dealkylation sites (N-methyl/N-ethyl adjacent to an activating group) is 1. The fourth-order valence-electron chi connectivity index (χ4n) is 1.23. The van der Waals surface area contributed by atoms with Gasteiger partial charge in [0, 0.05) is 0 Å². The van der Waals surface area contributed by atoms with Crippen LogP contribution in [0.2, 0.25) is 0 Å². The van der Waals surface area contributed by atoms with E-state index in [0.29, 0.717) is 11.3 Å². The maximum atomic E-state index is 10.8. The van der Waals surface area contributed by atoms with Gasteiger partial charge in [-0.25, -0.2) is 0 Å². The molecule has 0 aliphatic carbocycles. The topological polar surface area (TPSA) is 58.6 Å². The van der Waals surface area contributed by atoms with E-state index in [1.54, 1.807) is 38.4 Å². The van der Waals surface area contributed by atoms with Gasteiger partial charge in [0.2, 0.25) is 0 Å². The zero-order chi connectivity index (χ0) is 10.6. The number of rotatable bonds is 4. The van der Waals surface area contributed by atoms with Crippen LogP contribution in [-0.4, -0.2) is 25.2 Å². The third kappa shape index (κ3) is 2.23. The van der Waals surface area contributed by atoms with E-state index in [4.69, 9.17) is 9.84 Å². The molecule has 0 saturated heterocycles. The van der Waals surface area contributed by atoms with Gasteiger partial charge in [0.1, 0.15) is 11.8 Å². The molecular formula is C10H13NO3. The van der Waals surface area contributed by atoms with Crippen LogP contribution >= 0.6 is 0 Å². The van der Waals surface area contributed by atoms with Crippen LogP contribution in [-0.2, 0) is 4.79 Å². The summed E-state index contributed by atoms with van der Waals surface area (Å²) < 4.78 is 4.98. The first-order valence-corrected chi connectivity index (χ1v) is 4.23. The minimum Gasteiger partial charge on any atom is -0.497 e. The second kappa shape index (κ2) is 4.62. The van der Waals surface area contributed by atoms with Crippen molar-refractivity contribution in [3.8, 4) is 5.75 Å². The van der Waals surface area contributed by atoms with Crippen molar-refractivity contribution in [2.45, 2.75) is 6.04 Å². The predicted molar refractivity (Wildman–Crippen MR) is 52.4 cm³/mol. The largest absolute Gasteiger partial charge is 0.497 e. The van der Waals surface area contributed by atoms with Crippen LogP contribution in [0.3, 0.4) is 0 Å². The van der Waals surface area contributed by atoms with Crippen molar-refractivity contribution in [3.63, 3.8) is 0 Å². The van der Waals surface area contributed by atoms with Crippen LogP contribution in [0.1, 0.15) is 11.6 Å². The standard InChI is InChI=1S/C10H13NO3/c1-11-9(10(12)13)7-3-5-8(14-2)6-4-7/h3-6,9,11H,1-2H3,(H,12,13)/t9-/m1/s1. The van der Waals surface area contributed by atoms with E-state index in [2.05, 4.69) is 5.32 Å². The number of benzene rings is 1. The van der Waals surface area contributed by atoms with Crippen molar-refractivity contribution in [2.24, 2.45) is 0 Å². The molecule has 0 unspecified atom stereocenters. The second-order valence-corrected chi connectivity index (χ2v) is 2.83. The highest BCUT2D eigenvalue weighted by Gasteiger charge is 2.16. The summed E-state index contributed by atoms with van der Waals surface area (Å²) in [6.45, 7) is 0. The number of methoxy groups -OCH3 is 1. The molecule has 1 atom stereocenters. The van der Waals surface area contributed by atoms with E-state index >= 15 is 0 Å². The normalized spacial score (nSPS) is 12.1. The van der Waals surface area contributed by atoms with Gasteiger partial charge in [0.05, 0.1) is 7.11 Å². The Balaban J connectivity index is 2.89. The molecule has 0 saturated carbocycles. The zero-order valence-corrected chi connectivity index (χ0v) is 8.15. The molecule has 0 spiro atoms. The van der Waals surface area contributed by atoms with E-state index in [1.165, 1.54) is 0 Å². The van der Waals surface area contributed by atoms with Crippen molar-refractivity contribution in [3.05, 3.63) is 29.8 Å². The van der Waals surface area contributed by atoms with Gasteiger partial charge in [0.15, 0.2) is 0 Å². The Hall–Kier alpha value is -1.55. The maximum Gasteiger partial charge on any atom is 0.325 e. The fraction of sp³-hybridized carbons (Fsp3) is 0.300. The number of ether oxygens (including phenoxy) is 1. The Morgan fingerprint density at radius 3 is 2.36 bits per heavy atom. The molecule has 0 amide bonds. The van der Waals surface area contributed by atoms with Crippen molar-refractivity contribution in [1.82, 2.24) is 5.32 Å². The Morgan fingerprint density at radius 1 is 1.43 bits per heavy atom. The number of aliphatic carboxylic acids is 1. The average Bonchev–Trinajstić information content (AvgIpc) is 2.19. The molecule has 0 radical (unpaired) electrons. The predicted octanol–water partition coefficient (Wildman–Crippen LogP) is 1.04. The van der Waals surface area contributed by atoms with E-state index < -0.39 is 12.0 Å². The first-order valence-electron chi connectivity index (χ1n) is 4.23. The molecule has 14 heavy (non-hydrogen) atoms. The summed E-state index contributed by atoms with van der Waals surface area (Å²) >= 11 is 0. The van der Waals surface area contributed by atoms with Crippen molar-refractivity contribution >= 4 is 5.97 Å². The third-order valence-corrected chi connectivity index (χ3v) is 1.98. The first-order chi connectivity index (χ1) is 6.69. The van der Waals surface area contributed by atoms with Gasteiger partial charge in [-0.05, 0) is 24.7 Å².